The highest BCUT2D eigenvalue weighted by Gasteiger charge is 2.55. The fourth-order valence-corrected chi connectivity index (χ4v) is 18.9. The van der Waals surface area contributed by atoms with Gasteiger partial charge in [0, 0.05) is 0 Å². The second-order valence-corrected chi connectivity index (χ2v) is 25.7. The lowest BCUT2D eigenvalue weighted by Crippen LogP contribution is -2.02. The molecular formula is H12O36P12. The van der Waals surface area contributed by atoms with Gasteiger partial charge in [0.05, 0.1) is 0 Å². The first-order valence-electron chi connectivity index (χ1n) is 8.97. The molecule has 48 heteroatoms. The van der Waals surface area contributed by atoms with E-state index in [1.54, 1.807) is 0 Å². The molecule has 0 amide bonds. The molecule has 0 saturated carbocycles. The minimum atomic E-state index is -6.91. The van der Waals surface area contributed by atoms with Gasteiger partial charge < -0.3 is 58.7 Å². The molecule has 1 fully saturated rings. The molecule has 36 nitrogen and oxygen atoms in total. The first-order valence-corrected chi connectivity index (χ1v) is 26.9. The Labute approximate surface area is 259 Å². The Morgan fingerprint density at radius 1 is 0.167 bits per heavy atom. The smallest absolute Gasteiger partial charge is 0.302 e. The Hall–Kier alpha value is 1.80. The first kappa shape index (κ1) is 47.8. The Balaban J connectivity index is 3.67. The van der Waals surface area contributed by atoms with Crippen molar-refractivity contribution in [3.05, 3.63) is 0 Å². The molecule has 0 radical (unpaired) electrons. The van der Waals surface area contributed by atoms with Crippen molar-refractivity contribution < 1.29 is 165 Å². The van der Waals surface area contributed by atoms with Crippen LogP contribution in [-0.4, -0.2) is 58.7 Å². The SMILES string of the molecule is O=P1(O)OP(=O)(O)OP(=O)(O)OP(=O)(O)OP(=O)(O)OP(=O)(O)OP(=O)(O)OP(=O)(O)OP(=O)(O)OP(=O)(O)OP(=O)(O)OP(=O)(O)O1. The zero-order chi connectivity index (χ0) is 38.5. The predicted octanol–water partition coefficient (Wildman–Crippen LogP) is 1.40. The second kappa shape index (κ2) is 15.1. The fourth-order valence-electron chi connectivity index (χ4n) is 1.74. The molecule has 1 aliphatic heterocycles. The molecule has 0 bridgehead atoms. The van der Waals surface area contributed by atoms with E-state index in [9.17, 15) is 114 Å². The van der Waals surface area contributed by atoms with Crippen molar-refractivity contribution >= 4 is 93.9 Å². The molecule has 288 valence electrons. The molecule has 0 aliphatic carbocycles. The van der Waals surface area contributed by atoms with Gasteiger partial charge in [-0.05, 0) is 0 Å². The molecule has 12 N–H and O–H groups in total. The second-order valence-electron chi connectivity index (χ2n) is 6.60. The van der Waals surface area contributed by atoms with Crippen LogP contribution in [0, 0.1) is 0 Å². The minimum Gasteiger partial charge on any atom is -0.302 e. The summed E-state index contributed by atoms with van der Waals surface area (Å²) in [6.07, 6.45) is 0. The maximum absolute atomic E-state index is 11.8. The topological polar surface area (TPSA) is 558 Å². The predicted molar refractivity (Wildman–Crippen MR) is 131 cm³/mol. The van der Waals surface area contributed by atoms with Crippen molar-refractivity contribution in [1.82, 2.24) is 0 Å². The van der Waals surface area contributed by atoms with Crippen molar-refractivity contribution in [3.8, 4) is 0 Å². The van der Waals surface area contributed by atoms with Crippen LogP contribution in [0.2, 0.25) is 0 Å². The fraction of sp³-hybridized carbons (Fsp3) is 0. The van der Waals surface area contributed by atoms with Crippen LogP contribution in [0.4, 0.5) is 0 Å². The van der Waals surface area contributed by atoms with Gasteiger partial charge in [-0.25, -0.2) is 54.8 Å². The molecule has 1 rings (SSSR count). The molecule has 0 unspecified atom stereocenters. The molecule has 0 aromatic rings. The average Bonchev–Trinajstić information content (AvgIpc) is 2.52. The Morgan fingerprint density at radius 2 is 0.208 bits per heavy atom. The van der Waals surface area contributed by atoms with Gasteiger partial charge in [-0.15, -0.1) is 0 Å². The van der Waals surface area contributed by atoms with Gasteiger partial charge in [0.15, 0.2) is 0 Å². The van der Waals surface area contributed by atoms with Crippen molar-refractivity contribution in [2.24, 2.45) is 0 Å². The summed E-state index contributed by atoms with van der Waals surface area (Å²) < 4.78 is 179. The molecule has 1 saturated heterocycles. The monoisotopic (exact) mass is 960 g/mol. The van der Waals surface area contributed by atoms with E-state index in [1.807, 2.05) is 0 Å². The van der Waals surface area contributed by atoms with Crippen LogP contribution < -0.4 is 0 Å². The summed E-state index contributed by atoms with van der Waals surface area (Å²) in [5.74, 6) is 0. The van der Waals surface area contributed by atoms with Gasteiger partial charge in [-0.2, -0.15) is 51.7 Å². The maximum Gasteiger partial charge on any atom is 0.490 e. The van der Waals surface area contributed by atoms with E-state index in [4.69, 9.17) is 0 Å². The van der Waals surface area contributed by atoms with Crippen LogP contribution in [0.5, 0.6) is 0 Å². The van der Waals surface area contributed by atoms with Gasteiger partial charge in [-0.1, -0.05) is 0 Å². The molecule has 1 aliphatic rings. The third-order valence-electron chi connectivity index (χ3n) is 2.48. The normalized spacial score (nSPS) is 55.2. The lowest BCUT2D eigenvalue weighted by Gasteiger charge is -2.23. The standard InChI is InChI=1S/H12O36P12/c1-37(2)25-38(3,4)27-40(7,8)29-42(11,12)31-44(15,16)33-46(19,20)35-48(23,24)36-47(21,22)34-45(17,18)32-43(13,14)30-41(9,10)28-39(5,6)26-37/h(H,1,2)(H,3,4)(H,5,6)(H,7,8)(H,9,10)(H,11,12)(H,13,14)(H,15,16)(H,17,18)(H,19,20)(H,21,22)(H,23,24). The zero-order valence-corrected chi connectivity index (χ0v) is 31.3. The van der Waals surface area contributed by atoms with Gasteiger partial charge in [0.2, 0.25) is 0 Å². The van der Waals surface area contributed by atoms with E-state index in [1.165, 1.54) is 0 Å². The van der Waals surface area contributed by atoms with Crippen molar-refractivity contribution in [1.29, 1.82) is 0 Å². The summed E-state index contributed by atoms with van der Waals surface area (Å²) in [7, 11) is -82.9. The van der Waals surface area contributed by atoms with Crippen molar-refractivity contribution in [2.45, 2.75) is 0 Å². The summed E-state index contributed by atoms with van der Waals surface area (Å²) >= 11 is 0. The number of rotatable bonds is 0. The zero-order valence-electron chi connectivity index (χ0n) is 20.5. The summed E-state index contributed by atoms with van der Waals surface area (Å²) in [6.45, 7) is 0. The highest BCUT2D eigenvalue weighted by Crippen LogP contribution is 2.80. The molecule has 0 aromatic carbocycles. The summed E-state index contributed by atoms with van der Waals surface area (Å²) in [5.41, 5.74) is 0. The maximum atomic E-state index is 11.8. The summed E-state index contributed by atoms with van der Waals surface area (Å²) in [5, 5.41) is 0. The van der Waals surface area contributed by atoms with Crippen LogP contribution >= 0.6 is 93.9 Å². The Morgan fingerprint density at radius 3 is 0.250 bits per heavy atom. The molecular weight excluding hydrogens is 948 g/mol. The highest BCUT2D eigenvalue weighted by molar-refractivity contribution is 7.76. The van der Waals surface area contributed by atoms with Crippen molar-refractivity contribution in [2.75, 3.05) is 0 Å². The number of hydrogen-bond donors (Lipinski definition) is 12. The van der Waals surface area contributed by atoms with Gasteiger partial charge in [-0.3, -0.25) is 0 Å². The van der Waals surface area contributed by atoms with Crippen LogP contribution in [0.1, 0.15) is 0 Å². The van der Waals surface area contributed by atoms with Gasteiger partial charge >= 0.3 is 93.9 Å². The third kappa shape index (κ3) is 19.2. The van der Waals surface area contributed by atoms with E-state index in [2.05, 4.69) is 51.7 Å². The van der Waals surface area contributed by atoms with E-state index in [0.717, 1.165) is 0 Å². The van der Waals surface area contributed by atoms with Gasteiger partial charge in [0.25, 0.3) is 0 Å². The van der Waals surface area contributed by atoms with E-state index >= 15 is 0 Å². The molecule has 0 spiro atoms. The van der Waals surface area contributed by atoms with Crippen LogP contribution in [0.25, 0.3) is 0 Å². The van der Waals surface area contributed by atoms with E-state index in [0.29, 0.717) is 0 Å². The van der Waals surface area contributed by atoms with Crippen LogP contribution in [-0.2, 0) is 107 Å². The summed E-state index contributed by atoms with van der Waals surface area (Å²) in [6, 6.07) is 0. The van der Waals surface area contributed by atoms with E-state index < -0.39 is 93.9 Å². The first-order chi connectivity index (χ1) is 20.5. The minimum absolute atomic E-state index is 3.13. The highest BCUT2D eigenvalue weighted by atomic mass is 31.3. The van der Waals surface area contributed by atoms with Crippen molar-refractivity contribution in [3.63, 3.8) is 0 Å². The third-order valence-corrected chi connectivity index (χ3v) is 22.3. The lowest BCUT2D eigenvalue weighted by atomic mass is 15.7. The Bertz CT molecular complexity index is 1280. The largest absolute Gasteiger partial charge is 0.490 e. The molecule has 0 atom stereocenters. The van der Waals surface area contributed by atoms with Gasteiger partial charge in [0.1, 0.15) is 0 Å². The van der Waals surface area contributed by atoms with Crippen LogP contribution in [0.3, 0.4) is 0 Å². The molecule has 0 aromatic heterocycles. The number of hydrogen-bond acceptors (Lipinski definition) is 24. The molecule has 48 heavy (non-hydrogen) atoms. The van der Waals surface area contributed by atoms with Crippen LogP contribution in [0.15, 0.2) is 0 Å². The number of phosphoric acid groups is 12. The summed E-state index contributed by atoms with van der Waals surface area (Å²) in [4.78, 5) is 112. The average molecular weight is 960 g/mol. The lowest BCUT2D eigenvalue weighted by molar-refractivity contribution is 0.178. The Kier molecular flexibility index (Phi) is 15.1. The van der Waals surface area contributed by atoms with E-state index in [-0.39, 0.29) is 0 Å². The quantitative estimate of drug-likeness (QED) is 0.153. The molecule has 1 heterocycles.